The molecule has 3 rings (SSSR count). The van der Waals surface area contributed by atoms with Crippen LogP contribution in [0.25, 0.3) is 0 Å². The van der Waals surface area contributed by atoms with Gasteiger partial charge in [-0.3, -0.25) is 0 Å². The summed E-state index contributed by atoms with van der Waals surface area (Å²) < 4.78 is 0. The fraction of sp³-hybridized carbons (Fsp3) is 0.333. The van der Waals surface area contributed by atoms with Gasteiger partial charge in [-0.1, -0.05) is 30.3 Å². The van der Waals surface area contributed by atoms with Gasteiger partial charge in [0.1, 0.15) is 5.82 Å². The number of aryl methyl sites for hydroxylation is 1. The summed E-state index contributed by atoms with van der Waals surface area (Å²) in [5.41, 5.74) is 5.03. The fourth-order valence-electron chi connectivity index (χ4n) is 2.82. The largest absolute Gasteiger partial charge is 0.352 e. The van der Waals surface area contributed by atoms with Crippen molar-refractivity contribution < 1.29 is 0 Å². The molecule has 1 aliphatic heterocycles. The normalized spacial score (nSPS) is 13.6. The molecule has 0 bridgehead atoms. The molecule has 2 aromatic rings. The van der Waals surface area contributed by atoms with Gasteiger partial charge in [-0.15, -0.1) is 12.4 Å². The molecule has 0 amide bonds. The van der Waals surface area contributed by atoms with Crippen LogP contribution in [0.1, 0.15) is 29.3 Å². The molecule has 0 atom stereocenters. The second-order valence-electron chi connectivity index (χ2n) is 5.67. The first-order valence-corrected chi connectivity index (χ1v) is 7.73. The van der Waals surface area contributed by atoms with Crippen molar-refractivity contribution in [3.63, 3.8) is 0 Å². The number of nitrogens with one attached hydrogen (secondary N) is 1. The minimum Gasteiger partial charge on any atom is -0.352 e. The van der Waals surface area contributed by atoms with Crippen LogP contribution in [0, 0.1) is 13.8 Å². The molecule has 1 aliphatic rings. The van der Waals surface area contributed by atoms with Crippen LogP contribution in [0.2, 0.25) is 0 Å². The van der Waals surface area contributed by atoms with Crippen LogP contribution in [-0.2, 0) is 13.0 Å². The lowest BCUT2D eigenvalue weighted by atomic mass is 9.99. The molecule has 0 saturated carbocycles. The van der Waals surface area contributed by atoms with E-state index in [1.165, 1.54) is 11.1 Å². The molecule has 23 heavy (non-hydrogen) atoms. The van der Waals surface area contributed by atoms with Gasteiger partial charge in [0.15, 0.2) is 0 Å². The third-order valence-corrected chi connectivity index (χ3v) is 4.17. The van der Waals surface area contributed by atoms with Gasteiger partial charge >= 0.3 is 0 Å². The maximum absolute atomic E-state index is 4.72. The molecule has 0 radical (unpaired) electrons. The van der Waals surface area contributed by atoms with Crippen molar-refractivity contribution in [3.8, 4) is 0 Å². The van der Waals surface area contributed by atoms with Crippen molar-refractivity contribution in [2.75, 3.05) is 16.8 Å². The first kappa shape index (κ1) is 17.3. The highest BCUT2D eigenvalue weighted by molar-refractivity contribution is 5.85. The summed E-state index contributed by atoms with van der Waals surface area (Å²) in [5, 5.41) is 3.13. The molecule has 1 aromatic heterocycles. The highest BCUT2D eigenvalue weighted by Gasteiger charge is 2.20. The third kappa shape index (κ3) is 3.64. The molecular weight excluding hydrogens is 308 g/mol. The predicted octanol–water partition coefficient (Wildman–Crippen LogP) is 4.02. The van der Waals surface area contributed by atoms with E-state index in [1.54, 1.807) is 0 Å². The average molecular weight is 331 g/mol. The quantitative estimate of drug-likeness (QED) is 0.922. The van der Waals surface area contributed by atoms with E-state index in [1.807, 2.05) is 26.1 Å². The molecule has 0 aliphatic carbocycles. The lowest BCUT2D eigenvalue weighted by Gasteiger charge is -2.31. The Balaban J connectivity index is 0.00000192. The van der Waals surface area contributed by atoms with Crippen LogP contribution in [0.15, 0.2) is 36.5 Å². The lowest BCUT2D eigenvalue weighted by Crippen LogP contribution is -2.32. The molecule has 122 valence electrons. The maximum atomic E-state index is 4.72. The summed E-state index contributed by atoms with van der Waals surface area (Å²) in [6.45, 7) is 8.02. The van der Waals surface area contributed by atoms with Crippen molar-refractivity contribution in [1.82, 2.24) is 9.97 Å². The molecule has 0 saturated heterocycles. The number of nitrogens with zero attached hydrogens (tertiary/aromatic N) is 3. The smallest absolute Gasteiger partial charge is 0.228 e. The molecule has 0 unspecified atom stereocenters. The number of allylic oxidation sites excluding steroid dienone is 1. The Morgan fingerprint density at radius 2 is 1.87 bits per heavy atom. The fourth-order valence-corrected chi connectivity index (χ4v) is 2.82. The second kappa shape index (κ2) is 7.47. The van der Waals surface area contributed by atoms with E-state index in [-0.39, 0.29) is 12.4 Å². The summed E-state index contributed by atoms with van der Waals surface area (Å²) in [5.74, 6) is 1.70. The Labute approximate surface area is 144 Å². The topological polar surface area (TPSA) is 41.1 Å². The second-order valence-corrected chi connectivity index (χ2v) is 5.67. The third-order valence-electron chi connectivity index (χ3n) is 4.17. The number of halogens is 1. The zero-order valence-corrected chi connectivity index (χ0v) is 14.7. The van der Waals surface area contributed by atoms with E-state index in [4.69, 9.17) is 4.98 Å². The van der Waals surface area contributed by atoms with Crippen molar-refractivity contribution >= 4 is 24.2 Å². The SMILES string of the molecule is CC=CNc1nc(C)c(C)c(N2CCc3ccccc3C2)n1.Cl. The number of fused-ring (bicyclic) bond motifs is 1. The van der Waals surface area contributed by atoms with Gasteiger partial charge in [0.05, 0.1) is 0 Å². The summed E-state index contributed by atoms with van der Waals surface area (Å²) >= 11 is 0. The average Bonchev–Trinajstić information content (AvgIpc) is 2.55. The van der Waals surface area contributed by atoms with Crippen molar-refractivity contribution in [2.45, 2.75) is 33.7 Å². The highest BCUT2D eigenvalue weighted by Crippen LogP contribution is 2.27. The van der Waals surface area contributed by atoms with Gasteiger partial charge < -0.3 is 10.2 Å². The number of hydrogen-bond acceptors (Lipinski definition) is 4. The van der Waals surface area contributed by atoms with Crippen molar-refractivity contribution in [3.05, 3.63) is 58.9 Å². The number of anilines is 2. The van der Waals surface area contributed by atoms with Crippen molar-refractivity contribution in [1.29, 1.82) is 0 Å². The number of rotatable bonds is 3. The molecular formula is C18H23ClN4. The van der Waals surface area contributed by atoms with Gasteiger partial charge in [-0.25, -0.2) is 4.98 Å². The van der Waals surface area contributed by atoms with Gasteiger partial charge in [-0.05, 0) is 44.5 Å². The number of aromatic nitrogens is 2. The molecule has 1 N–H and O–H groups in total. The summed E-state index contributed by atoms with van der Waals surface area (Å²) in [6.07, 6.45) is 4.87. The van der Waals surface area contributed by atoms with Gasteiger partial charge in [0.2, 0.25) is 5.95 Å². The van der Waals surface area contributed by atoms with Crippen LogP contribution in [-0.4, -0.2) is 16.5 Å². The zero-order valence-electron chi connectivity index (χ0n) is 13.8. The summed E-state index contributed by atoms with van der Waals surface area (Å²) in [4.78, 5) is 11.6. The monoisotopic (exact) mass is 330 g/mol. The number of benzene rings is 1. The van der Waals surface area contributed by atoms with Gasteiger partial charge in [0.25, 0.3) is 0 Å². The first-order chi connectivity index (χ1) is 10.7. The molecule has 5 heteroatoms. The predicted molar refractivity (Wildman–Crippen MR) is 98.4 cm³/mol. The van der Waals surface area contributed by atoms with E-state index in [0.717, 1.165) is 36.6 Å². The van der Waals surface area contributed by atoms with Crippen LogP contribution in [0.5, 0.6) is 0 Å². The van der Waals surface area contributed by atoms with Crippen LogP contribution in [0.3, 0.4) is 0 Å². The molecule has 2 heterocycles. The standard InChI is InChI=1S/C18H22N4.ClH/c1-4-10-19-18-20-14(3)13(2)17(21-18)22-11-9-15-7-5-6-8-16(15)12-22;/h4-8,10H,9,11-12H2,1-3H3,(H,19,20,21);1H. The van der Waals surface area contributed by atoms with E-state index in [2.05, 4.69) is 46.4 Å². The zero-order chi connectivity index (χ0) is 15.5. The van der Waals surface area contributed by atoms with Crippen molar-refractivity contribution in [2.24, 2.45) is 0 Å². The maximum Gasteiger partial charge on any atom is 0.228 e. The van der Waals surface area contributed by atoms with E-state index in [0.29, 0.717) is 5.95 Å². The minimum atomic E-state index is 0. The Morgan fingerprint density at radius 1 is 1.13 bits per heavy atom. The molecule has 0 spiro atoms. The highest BCUT2D eigenvalue weighted by atomic mass is 35.5. The van der Waals surface area contributed by atoms with Gasteiger partial charge in [-0.2, -0.15) is 4.98 Å². The molecule has 0 fully saturated rings. The Bertz CT molecular complexity index is 712. The Morgan fingerprint density at radius 3 is 2.61 bits per heavy atom. The first-order valence-electron chi connectivity index (χ1n) is 7.73. The molecule has 1 aromatic carbocycles. The van der Waals surface area contributed by atoms with E-state index < -0.39 is 0 Å². The minimum absolute atomic E-state index is 0. The van der Waals surface area contributed by atoms with Crippen LogP contribution < -0.4 is 10.2 Å². The van der Waals surface area contributed by atoms with Gasteiger partial charge in [0, 0.05) is 24.3 Å². The summed E-state index contributed by atoms with van der Waals surface area (Å²) in [7, 11) is 0. The van der Waals surface area contributed by atoms with Crippen LogP contribution in [0.4, 0.5) is 11.8 Å². The molecule has 4 nitrogen and oxygen atoms in total. The van der Waals surface area contributed by atoms with E-state index >= 15 is 0 Å². The summed E-state index contributed by atoms with van der Waals surface area (Å²) in [6, 6.07) is 8.67. The van der Waals surface area contributed by atoms with E-state index in [9.17, 15) is 0 Å². The Hall–Kier alpha value is -2.07. The lowest BCUT2D eigenvalue weighted by molar-refractivity contribution is 0.715. The van der Waals surface area contributed by atoms with Crippen LogP contribution >= 0.6 is 12.4 Å². The Kier molecular flexibility index (Phi) is 5.61. The number of hydrogen-bond donors (Lipinski definition) is 1.